The monoisotopic (exact) mass is 145 g/mol. The van der Waals surface area contributed by atoms with E-state index >= 15 is 0 Å². The Morgan fingerprint density at radius 2 is 2.30 bits per heavy atom. The minimum atomic E-state index is -0.571. The van der Waals surface area contributed by atoms with Crippen molar-refractivity contribution >= 4 is 12.4 Å². The van der Waals surface area contributed by atoms with E-state index in [1.165, 1.54) is 13.4 Å². The van der Waals surface area contributed by atoms with Gasteiger partial charge in [-0.1, -0.05) is 0 Å². The van der Waals surface area contributed by atoms with Crippen LogP contribution in [0.2, 0.25) is 0 Å². The summed E-state index contributed by atoms with van der Waals surface area (Å²) in [6.45, 7) is 0. The molecule has 0 saturated heterocycles. The third kappa shape index (κ3) is 4.89. The molecule has 0 saturated carbocycles. The van der Waals surface area contributed by atoms with Crippen LogP contribution >= 0.6 is 0 Å². The van der Waals surface area contributed by atoms with Crippen molar-refractivity contribution in [3.63, 3.8) is 0 Å². The molecule has 0 fully saturated rings. The number of methoxy groups -OCH3 is 1. The van der Waals surface area contributed by atoms with Gasteiger partial charge in [-0.15, -0.1) is 0 Å². The molecule has 0 bridgehead atoms. The average Bonchev–Trinajstić information content (AvgIpc) is 1.87. The molecule has 0 heterocycles. The molecule has 10 heavy (non-hydrogen) atoms. The van der Waals surface area contributed by atoms with Gasteiger partial charge in [0.2, 0.25) is 0 Å². The fourth-order valence-electron chi connectivity index (χ4n) is 0.243. The van der Waals surface area contributed by atoms with Crippen LogP contribution < -0.4 is 5.43 Å². The van der Waals surface area contributed by atoms with E-state index in [1.807, 2.05) is 0 Å². The Labute approximate surface area is 59.6 Å². The van der Waals surface area contributed by atoms with Crippen LogP contribution in [-0.2, 0) is 4.74 Å². The third-order valence-electron chi connectivity index (χ3n) is 0.630. The van der Waals surface area contributed by atoms with Crippen LogP contribution in [0.25, 0.3) is 0 Å². The van der Waals surface area contributed by atoms with Crippen molar-refractivity contribution in [2.45, 2.75) is 0 Å². The normalized spacial score (nSPS) is 9.50. The quantitative estimate of drug-likeness (QED) is 0.334. The van der Waals surface area contributed by atoms with Gasteiger partial charge in [-0.05, 0) is 0 Å². The van der Waals surface area contributed by atoms with Gasteiger partial charge in [-0.3, -0.25) is 0 Å². The Bertz CT molecular complexity index is 133. The van der Waals surface area contributed by atoms with Crippen LogP contribution in [0.5, 0.6) is 0 Å². The summed E-state index contributed by atoms with van der Waals surface area (Å²) in [7, 11) is 4.87. The molecule has 0 aromatic rings. The number of hydrogen-bond donors (Lipinski definition) is 1. The molecule has 0 aliphatic heterocycles. The fraction of sp³-hybridized carbons (Fsp3) is 0.600. The van der Waals surface area contributed by atoms with Gasteiger partial charge in [-0.25, -0.2) is 10.2 Å². The molecule has 1 amide bonds. The number of hydrazone groups is 1. The maximum Gasteiger partial charge on any atom is 0.427 e. The molecule has 5 heteroatoms. The summed E-state index contributed by atoms with van der Waals surface area (Å²) in [6.07, 6.45) is 0.884. The molecule has 0 aromatic carbocycles. The Hall–Kier alpha value is -1.26. The second-order valence-corrected chi connectivity index (χ2v) is 1.81. The Morgan fingerprint density at radius 3 is 2.70 bits per heavy atom. The Morgan fingerprint density at radius 1 is 1.70 bits per heavy atom. The van der Waals surface area contributed by atoms with Gasteiger partial charge in [-0.2, -0.15) is 5.10 Å². The Kier molecular flexibility index (Phi) is 4.02. The first kappa shape index (κ1) is 8.74. The predicted octanol–water partition coefficient (Wildman–Crippen LogP) is -0.153. The molecule has 0 aliphatic rings. The summed E-state index contributed by atoms with van der Waals surface area (Å²) in [6, 6.07) is 0. The first-order valence-electron chi connectivity index (χ1n) is 2.70. The first-order chi connectivity index (χ1) is 4.66. The highest BCUT2D eigenvalue weighted by molar-refractivity contribution is 5.68. The molecule has 0 aliphatic carbocycles. The lowest BCUT2D eigenvalue weighted by Crippen LogP contribution is -2.19. The molecule has 1 N–H and O–H groups in total. The smallest absolute Gasteiger partial charge is 0.427 e. The summed E-state index contributed by atoms with van der Waals surface area (Å²) in [4.78, 5) is 12.0. The molecule has 0 atom stereocenters. The number of hydrogen-bond acceptors (Lipinski definition) is 3. The van der Waals surface area contributed by atoms with Crippen molar-refractivity contribution in [3.8, 4) is 0 Å². The van der Waals surface area contributed by atoms with Gasteiger partial charge >= 0.3 is 6.09 Å². The van der Waals surface area contributed by atoms with E-state index < -0.39 is 6.09 Å². The lowest BCUT2D eigenvalue weighted by molar-refractivity contribution is 0.171. The summed E-state index contributed by atoms with van der Waals surface area (Å²) >= 11 is 0. The number of amides is 1. The molecular weight excluding hydrogens is 134 g/mol. The van der Waals surface area contributed by atoms with Gasteiger partial charge in [0.15, 0.2) is 0 Å². The summed E-state index contributed by atoms with van der Waals surface area (Å²) in [5.74, 6) is 0. The number of nitrogens with one attached hydrogen (secondary N) is 1. The van der Waals surface area contributed by atoms with Crippen LogP contribution in [0.1, 0.15) is 0 Å². The number of carbonyl (C=O) groups is 1. The molecule has 0 spiro atoms. The molecule has 58 valence electrons. The minimum absolute atomic E-state index is 0.571. The zero-order chi connectivity index (χ0) is 7.98. The average molecular weight is 145 g/mol. The molecular formula is C5H11N3O2. The van der Waals surface area contributed by atoms with Crippen LogP contribution in [0.4, 0.5) is 4.79 Å². The van der Waals surface area contributed by atoms with Crippen molar-refractivity contribution in [1.29, 1.82) is 0 Å². The summed E-state index contributed by atoms with van der Waals surface area (Å²) in [5.41, 5.74) is 2.13. The fourth-order valence-corrected chi connectivity index (χ4v) is 0.243. The first-order valence-corrected chi connectivity index (χ1v) is 2.70. The maximum atomic E-state index is 10.3. The number of rotatable bonds is 2. The lowest BCUT2D eigenvalue weighted by atomic mass is 11.0. The highest BCUT2D eigenvalue weighted by Gasteiger charge is 1.91. The second-order valence-electron chi connectivity index (χ2n) is 1.81. The Balaban J connectivity index is 3.43. The number of ether oxygens (including phenoxy) is 1. The lowest BCUT2D eigenvalue weighted by Gasteiger charge is -2.01. The van der Waals surface area contributed by atoms with Crippen LogP contribution in [-0.4, -0.2) is 38.5 Å². The van der Waals surface area contributed by atoms with E-state index in [2.05, 4.69) is 15.3 Å². The standard InChI is InChI=1S/C5H11N3O2/c1-8(2)4-6-7-5(9)10-3/h4H,1-3H3,(H,7,9). The topological polar surface area (TPSA) is 53.9 Å². The van der Waals surface area contributed by atoms with E-state index in [0.29, 0.717) is 0 Å². The molecule has 0 unspecified atom stereocenters. The van der Waals surface area contributed by atoms with Gasteiger partial charge in [0, 0.05) is 14.1 Å². The largest absolute Gasteiger partial charge is 0.452 e. The van der Waals surface area contributed by atoms with E-state index in [-0.39, 0.29) is 0 Å². The van der Waals surface area contributed by atoms with Crippen LogP contribution in [0.15, 0.2) is 5.10 Å². The molecule has 5 nitrogen and oxygen atoms in total. The SMILES string of the molecule is COC(=O)NN=CN(C)C. The number of nitrogens with zero attached hydrogens (tertiary/aromatic N) is 2. The third-order valence-corrected chi connectivity index (χ3v) is 0.630. The maximum absolute atomic E-state index is 10.3. The second kappa shape index (κ2) is 4.60. The van der Waals surface area contributed by atoms with Crippen molar-refractivity contribution in [2.24, 2.45) is 5.10 Å². The van der Waals surface area contributed by atoms with E-state index in [4.69, 9.17) is 0 Å². The van der Waals surface area contributed by atoms with Gasteiger partial charge in [0.05, 0.1) is 7.11 Å². The van der Waals surface area contributed by atoms with Crippen LogP contribution in [0.3, 0.4) is 0 Å². The summed E-state index contributed by atoms with van der Waals surface area (Å²) in [5, 5.41) is 3.52. The van der Waals surface area contributed by atoms with E-state index in [0.717, 1.165) is 0 Å². The zero-order valence-corrected chi connectivity index (χ0v) is 6.29. The summed E-state index contributed by atoms with van der Waals surface area (Å²) < 4.78 is 4.25. The van der Waals surface area contributed by atoms with E-state index in [1.54, 1.807) is 19.0 Å². The van der Waals surface area contributed by atoms with Gasteiger partial charge in [0.25, 0.3) is 0 Å². The zero-order valence-electron chi connectivity index (χ0n) is 6.29. The van der Waals surface area contributed by atoms with Crippen LogP contribution in [0, 0.1) is 0 Å². The molecule has 0 radical (unpaired) electrons. The minimum Gasteiger partial charge on any atom is -0.452 e. The van der Waals surface area contributed by atoms with Crippen molar-refractivity contribution < 1.29 is 9.53 Å². The van der Waals surface area contributed by atoms with Crippen molar-refractivity contribution in [1.82, 2.24) is 10.3 Å². The molecule has 0 rings (SSSR count). The number of carbonyl (C=O) groups excluding carboxylic acids is 1. The predicted molar refractivity (Wildman–Crippen MR) is 37.7 cm³/mol. The van der Waals surface area contributed by atoms with Gasteiger partial charge < -0.3 is 9.64 Å². The van der Waals surface area contributed by atoms with Crippen molar-refractivity contribution in [3.05, 3.63) is 0 Å². The van der Waals surface area contributed by atoms with Crippen molar-refractivity contribution in [2.75, 3.05) is 21.2 Å². The van der Waals surface area contributed by atoms with Gasteiger partial charge in [0.1, 0.15) is 6.34 Å². The van der Waals surface area contributed by atoms with E-state index in [9.17, 15) is 4.79 Å². The molecule has 0 aromatic heterocycles. The highest BCUT2D eigenvalue weighted by atomic mass is 16.5. The highest BCUT2D eigenvalue weighted by Crippen LogP contribution is 1.69.